The first-order valence-electron chi connectivity index (χ1n) is 5.77. The van der Waals surface area contributed by atoms with Crippen molar-refractivity contribution in [3.63, 3.8) is 0 Å². The number of aromatic nitrogens is 4. The van der Waals surface area contributed by atoms with Gasteiger partial charge in [-0.05, 0) is 12.8 Å². The highest BCUT2D eigenvalue weighted by Crippen LogP contribution is 2.20. The zero-order valence-electron chi connectivity index (χ0n) is 9.96. The van der Waals surface area contributed by atoms with Crippen molar-refractivity contribution in [2.75, 3.05) is 7.11 Å². The summed E-state index contributed by atoms with van der Waals surface area (Å²) in [5.74, 6) is 1.49. The zero-order valence-corrected chi connectivity index (χ0v) is 9.96. The van der Waals surface area contributed by atoms with E-state index in [0.29, 0.717) is 35.9 Å². The van der Waals surface area contributed by atoms with Crippen molar-refractivity contribution in [1.82, 2.24) is 25.4 Å². The molecule has 1 aliphatic carbocycles. The first-order valence-corrected chi connectivity index (χ1v) is 5.77. The van der Waals surface area contributed by atoms with E-state index in [4.69, 9.17) is 9.26 Å². The molecule has 0 saturated heterocycles. The Labute approximate surface area is 104 Å². The molecule has 94 valence electrons. The summed E-state index contributed by atoms with van der Waals surface area (Å²) in [6.45, 7) is 0.597. The second-order valence-corrected chi connectivity index (χ2v) is 4.11. The van der Waals surface area contributed by atoms with Crippen molar-refractivity contribution in [2.45, 2.75) is 25.4 Å². The van der Waals surface area contributed by atoms with Gasteiger partial charge in [0.05, 0.1) is 13.7 Å². The van der Waals surface area contributed by atoms with E-state index in [1.54, 1.807) is 13.2 Å². The molecule has 0 amide bonds. The number of rotatable bonds is 5. The van der Waals surface area contributed by atoms with Crippen molar-refractivity contribution >= 4 is 0 Å². The number of ether oxygens (including phenoxy) is 1. The normalized spacial score (nSPS) is 14.7. The van der Waals surface area contributed by atoms with Crippen molar-refractivity contribution in [2.24, 2.45) is 0 Å². The lowest BCUT2D eigenvalue weighted by Gasteiger charge is -1.97. The molecule has 0 radical (unpaired) electrons. The summed E-state index contributed by atoms with van der Waals surface area (Å²) in [5.41, 5.74) is 0.586. The lowest BCUT2D eigenvalue weighted by molar-refractivity contribution is 0.367. The maximum absolute atomic E-state index is 5.15. The Morgan fingerprint density at radius 1 is 1.44 bits per heavy atom. The van der Waals surface area contributed by atoms with Gasteiger partial charge in [-0.3, -0.25) is 0 Å². The summed E-state index contributed by atoms with van der Waals surface area (Å²) in [4.78, 5) is 12.3. The molecule has 0 unspecified atom stereocenters. The smallest absolute Gasteiger partial charge is 0.240 e. The molecule has 3 rings (SSSR count). The lowest BCUT2D eigenvalue weighted by Crippen LogP contribution is -2.15. The number of hydrogen-bond donors (Lipinski definition) is 1. The van der Waals surface area contributed by atoms with Crippen LogP contribution in [0.1, 0.15) is 18.7 Å². The minimum atomic E-state index is 0.447. The Balaban J connectivity index is 1.74. The Morgan fingerprint density at radius 3 is 3.11 bits per heavy atom. The maximum atomic E-state index is 5.15. The zero-order chi connectivity index (χ0) is 12.4. The molecule has 1 N–H and O–H groups in total. The summed E-state index contributed by atoms with van der Waals surface area (Å²) >= 11 is 0. The third-order valence-corrected chi connectivity index (χ3v) is 2.67. The first-order chi connectivity index (χ1) is 8.85. The second kappa shape index (κ2) is 4.69. The molecule has 0 aromatic carbocycles. The number of methoxy groups -OCH3 is 1. The highest BCUT2D eigenvalue weighted by molar-refractivity contribution is 5.49. The van der Waals surface area contributed by atoms with Gasteiger partial charge in [-0.15, -0.1) is 0 Å². The average molecular weight is 247 g/mol. The fourth-order valence-electron chi connectivity index (χ4n) is 1.52. The van der Waals surface area contributed by atoms with Crippen molar-refractivity contribution < 1.29 is 9.26 Å². The Morgan fingerprint density at radius 2 is 2.33 bits per heavy atom. The molecule has 7 nitrogen and oxygen atoms in total. The van der Waals surface area contributed by atoms with Crippen LogP contribution in [0.5, 0.6) is 5.88 Å². The third-order valence-electron chi connectivity index (χ3n) is 2.67. The van der Waals surface area contributed by atoms with Gasteiger partial charge in [0.1, 0.15) is 12.0 Å². The van der Waals surface area contributed by atoms with E-state index in [1.165, 1.54) is 19.2 Å². The highest BCUT2D eigenvalue weighted by atomic mass is 16.5. The summed E-state index contributed by atoms with van der Waals surface area (Å²) in [7, 11) is 1.55. The van der Waals surface area contributed by atoms with Crippen LogP contribution in [0.2, 0.25) is 0 Å². The lowest BCUT2D eigenvalue weighted by atomic mass is 10.4. The van der Waals surface area contributed by atoms with Gasteiger partial charge in [-0.1, -0.05) is 5.16 Å². The monoisotopic (exact) mass is 247 g/mol. The standard InChI is InChI=1S/C11H13N5O2/c1-17-9-4-8(13-6-14-9)11-15-10(18-16-11)5-12-7-2-3-7/h4,6-7,12H,2-3,5H2,1H3. The molecule has 1 aliphatic rings. The van der Waals surface area contributed by atoms with Gasteiger partial charge in [0.2, 0.25) is 17.6 Å². The van der Waals surface area contributed by atoms with Crippen molar-refractivity contribution in [3.05, 3.63) is 18.3 Å². The molecule has 7 heteroatoms. The maximum Gasteiger partial charge on any atom is 0.240 e. The van der Waals surface area contributed by atoms with Gasteiger partial charge >= 0.3 is 0 Å². The van der Waals surface area contributed by atoms with Crippen molar-refractivity contribution in [1.29, 1.82) is 0 Å². The van der Waals surface area contributed by atoms with E-state index in [-0.39, 0.29) is 0 Å². The SMILES string of the molecule is COc1cc(-c2noc(CNC3CC3)n2)ncn1. The van der Waals surface area contributed by atoms with Gasteiger partial charge in [0.15, 0.2) is 0 Å². The minimum absolute atomic E-state index is 0.447. The molecule has 2 aromatic rings. The predicted molar refractivity (Wildman–Crippen MR) is 61.7 cm³/mol. The summed E-state index contributed by atoms with van der Waals surface area (Å²) in [6.07, 6.45) is 3.86. The van der Waals surface area contributed by atoms with Gasteiger partial charge in [-0.25, -0.2) is 9.97 Å². The van der Waals surface area contributed by atoms with Crippen LogP contribution in [0.4, 0.5) is 0 Å². The van der Waals surface area contributed by atoms with Crippen LogP contribution in [0.15, 0.2) is 16.9 Å². The number of nitrogens with zero attached hydrogens (tertiary/aromatic N) is 4. The predicted octanol–water partition coefficient (Wildman–Crippen LogP) is 0.787. The summed E-state index contributed by atoms with van der Waals surface area (Å²) in [5, 5.41) is 7.19. The average Bonchev–Trinajstić information content (AvgIpc) is 3.13. The fraction of sp³-hybridized carbons (Fsp3) is 0.455. The first kappa shape index (κ1) is 11.1. The molecule has 1 saturated carbocycles. The number of nitrogens with one attached hydrogen (secondary N) is 1. The quantitative estimate of drug-likeness (QED) is 0.835. The Hall–Kier alpha value is -2.02. The van der Waals surface area contributed by atoms with E-state index in [1.807, 2.05) is 0 Å². The van der Waals surface area contributed by atoms with E-state index < -0.39 is 0 Å². The third kappa shape index (κ3) is 2.45. The molecule has 2 heterocycles. The van der Waals surface area contributed by atoms with Crippen LogP contribution in [0.25, 0.3) is 11.5 Å². The summed E-state index contributed by atoms with van der Waals surface area (Å²) in [6, 6.07) is 2.28. The molecule has 0 aliphatic heterocycles. The van der Waals surface area contributed by atoms with Crippen LogP contribution in [0.3, 0.4) is 0 Å². The molecule has 0 bridgehead atoms. The van der Waals surface area contributed by atoms with Crippen molar-refractivity contribution in [3.8, 4) is 17.4 Å². The van der Waals surface area contributed by atoms with E-state index in [9.17, 15) is 0 Å². The minimum Gasteiger partial charge on any atom is -0.481 e. The van der Waals surface area contributed by atoms with E-state index in [0.717, 1.165) is 0 Å². The van der Waals surface area contributed by atoms with Gasteiger partial charge < -0.3 is 14.6 Å². The molecule has 0 spiro atoms. The van der Waals surface area contributed by atoms with E-state index >= 15 is 0 Å². The van der Waals surface area contributed by atoms with E-state index in [2.05, 4.69) is 25.4 Å². The van der Waals surface area contributed by atoms with Crippen LogP contribution in [-0.4, -0.2) is 33.3 Å². The van der Waals surface area contributed by atoms with Crippen LogP contribution in [0, 0.1) is 0 Å². The fourth-order valence-corrected chi connectivity index (χ4v) is 1.52. The van der Waals surface area contributed by atoms with Gasteiger partial charge in [0, 0.05) is 12.1 Å². The molecule has 2 aromatic heterocycles. The Kier molecular flexibility index (Phi) is 2.89. The topological polar surface area (TPSA) is 86.0 Å². The van der Waals surface area contributed by atoms with Gasteiger partial charge in [-0.2, -0.15) is 4.98 Å². The Bertz CT molecular complexity index is 538. The van der Waals surface area contributed by atoms with Gasteiger partial charge in [0.25, 0.3) is 0 Å². The molecule has 0 atom stereocenters. The van der Waals surface area contributed by atoms with Crippen LogP contribution < -0.4 is 10.1 Å². The second-order valence-electron chi connectivity index (χ2n) is 4.11. The molecular formula is C11H13N5O2. The van der Waals surface area contributed by atoms with Crippen LogP contribution in [-0.2, 0) is 6.54 Å². The number of hydrogen-bond acceptors (Lipinski definition) is 7. The van der Waals surface area contributed by atoms with Crippen LogP contribution >= 0.6 is 0 Å². The highest BCUT2D eigenvalue weighted by Gasteiger charge is 2.21. The largest absolute Gasteiger partial charge is 0.481 e. The summed E-state index contributed by atoms with van der Waals surface area (Å²) < 4.78 is 10.2. The molecular weight excluding hydrogens is 234 g/mol. The molecule has 1 fully saturated rings. The molecule has 18 heavy (non-hydrogen) atoms.